The molecule has 4 amide bonds. The number of carbonyl (C=O) groups is 4. The summed E-state index contributed by atoms with van der Waals surface area (Å²) in [6.45, 7) is 1.68. The lowest BCUT2D eigenvalue weighted by atomic mass is 9.93. The molecule has 4 aliphatic rings. The highest BCUT2D eigenvalue weighted by molar-refractivity contribution is 7.80. The fourth-order valence-electron chi connectivity index (χ4n) is 9.64. The highest BCUT2D eigenvalue weighted by Crippen LogP contribution is 2.35. The van der Waals surface area contributed by atoms with E-state index < -0.39 is 183 Å². The van der Waals surface area contributed by atoms with Crippen LogP contribution in [0.2, 0.25) is 0 Å². The van der Waals surface area contributed by atoms with Gasteiger partial charge in [-0.15, -0.1) is 0 Å². The topological polar surface area (TPSA) is 436 Å². The van der Waals surface area contributed by atoms with Crippen molar-refractivity contribution in [3.63, 3.8) is 0 Å². The molecule has 11 unspecified atom stereocenters. The van der Waals surface area contributed by atoms with E-state index in [9.17, 15) is 78.1 Å². The molecule has 0 radical (unpaired) electrons. The fourth-order valence-corrected chi connectivity index (χ4v) is 9.95. The third kappa shape index (κ3) is 18.1. The van der Waals surface area contributed by atoms with E-state index in [1.165, 1.54) is 44.2 Å². The number of hydrogen-bond acceptors (Lipinski definition) is 24. The summed E-state index contributed by atoms with van der Waals surface area (Å²) in [5.74, 6) is -2.81. The van der Waals surface area contributed by atoms with Crippen molar-refractivity contribution in [2.75, 3.05) is 33.0 Å². The van der Waals surface area contributed by atoms with Gasteiger partial charge in [-0.25, -0.2) is 4.18 Å². The fraction of sp³-hybridized carbons (Fsp3) is 0.792. The van der Waals surface area contributed by atoms with Crippen LogP contribution in [0.3, 0.4) is 0 Å². The second-order valence-electron chi connectivity index (χ2n) is 19.6. The zero-order valence-corrected chi connectivity index (χ0v) is 44.6. The van der Waals surface area contributed by atoms with Crippen LogP contribution in [-0.4, -0.2) is 238 Å². The smallest absolute Gasteiger partial charge is 0.397 e. The quantitative estimate of drug-likeness (QED) is 0.0280. The molecule has 5 rings (SSSR count). The number of unbranched alkanes of at least 4 members (excludes halogenated alkanes) is 8. The number of aliphatic hydroxyl groups excluding tert-OH is 9. The number of nitrogens with one attached hydrogen (secondary N) is 4. The molecule has 14 N–H and O–H groups in total. The predicted molar refractivity (Wildman–Crippen MR) is 264 cm³/mol. The number of rotatable bonds is 28. The molecule has 20 atom stereocenters. The van der Waals surface area contributed by atoms with Gasteiger partial charge in [0.15, 0.2) is 25.2 Å². The van der Waals surface area contributed by atoms with E-state index in [2.05, 4.69) is 32.4 Å². The Labute approximate surface area is 451 Å². The number of hydrogen-bond donors (Lipinski definition) is 14. The Balaban J connectivity index is 1.34. The minimum absolute atomic E-state index is 0.0727. The maximum absolute atomic E-state index is 13.8. The summed E-state index contributed by atoms with van der Waals surface area (Å²) in [6, 6.07) is -0.593. The molecule has 0 aromatic heterocycles. The van der Waals surface area contributed by atoms with Gasteiger partial charge in [-0.3, -0.25) is 23.7 Å². The predicted octanol–water partition coefficient (Wildman–Crippen LogP) is -4.14. The van der Waals surface area contributed by atoms with E-state index in [4.69, 9.17) is 37.9 Å². The lowest BCUT2D eigenvalue weighted by Gasteiger charge is -2.51. The largest absolute Gasteiger partial charge is 0.494 e. The van der Waals surface area contributed by atoms with Crippen molar-refractivity contribution in [2.24, 2.45) is 0 Å². The second-order valence-corrected chi connectivity index (χ2v) is 20.7. The Morgan fingerprint density at radius 1 is 0.551 bits per heavy atom. The first-order valence-electron chi connectivity index (χ1n) is 26.0. The Bertz CT molecular complexity index is 2170. The molecule has 0 spiro atoms. The average molecular weight is 1140 g/mol. The molecule has 446 valence electrons. The van der Waals surface area contributed by atoms with Crippen LogP contribution in [0, 0.1) is 0 Å². The third-order valence-electron chi connectivity index (χ3n) is 13.6. The molecule has 0 aliphatic carbocycles. The average Bonchev–Trinajstić information content (AvgIpc) is 3.47. The van der Waals surface area contributed by atoms with Crippen molar-refractivity contribution < 1.29 is 120 Å². The van der Waals surface area contributed by atoms with Gasteiger partial charge in [-0.2, -0.15) is 8.42 Å². The number of aliphatic hydroxyl groups is 9. The van der Waals surface area contributed by atoms with Crippen LogP contribution >= 0.6 is 0 Å². The molecule has 4 heterocycles. The van der Waals surface area contributed by atoms with Crippen molar-refractivity contribution in [1.82, 2.24) is 21.3 Å². The molecule has 4 aliphatic heterocycles. The van der Waals surface area contributed by atoms with Crippen LogP contribution in [0.15, 0.2) is 24.3 Å². The summed E-state index contributed by atoms with van der Waals surface area (Å²) < 4.78 is 84.0. The van der Waals surface area contributed by atoms with Gasteiger partial charge >= 0.3 is 10.4 Å². The second kappa shape index (κ2) is 30.8. The summed E-state index contributed by atoms with van der Waals surface area (Å²) in [5, 5.41) is 109. The highest BCUT2D eigenvalue weighted by Gasteiger charge is 2.56. The SMILES string of the molecule is CCCCCCCCCCCOc1cccc(C(=O)NC2[C@H](O[C@@H]3C(CO)O[C@@H](O[C@@H]4C(CO)O[C@@H](O[C@@H]5C(COS(=O)(=O)O)OC(O)C(NC(C)=O)C5O)C(NC(C)=O)[C@H]4O)C(NC(C)=O)C3O)OC(CO)[C@@H](O)[C@@H]2O)c1. The zero-order valence-electron chi connectivity index (χ0n) is 43.8. The molecule has 4 saturated heterocycles. The lowest BCUT2D eigenvalue weighted by molar-refractivity contribution is -0.361. The van der Waals surface area contributed by atoms with Gasteiger partial charge in [0.05, 0.1) is 33.0 Å². The maximum Gasteiger partial charge on any atom is 0.397 e. The van der Waals surface area contributed by atoms with E-state index in [-0.39, 0.29) is 5.56 Å². The van der Waals surface area contributed by atoms with Gasteiger partial charge in [0.2, 0.25) is 17.7 Å². The van der Waals surface area contributed by atoms with E-state index >= 15 is 0 Å². The van der Waals surface area contributed by atoms with Crippen LogP contribution in [0.25, 0.3) is 0 Å². The van der Waals surface area contributed by atoms with Crippen LogP contribution in [0.4, 0.5) is 0 Å². The van der Waals surface area contributed by atoms with E-state index in [1.54, 1.807) is 12.1 Å². The van der Waals surface area contributed by atoms with Crippen LogP contribution in [-0.2, 0) is 62.1 Å². The van der Waals surface area contributed by atoms with E-state index in [0.717, 1.165) is 46.5 Å². The highest BCUT2D eigenvalue weighted by atomic mass is 32.3. The number of carbonyl (C=O) groups excluding carboxylic acids is 4. The summed E-state index contributed by atoms with van der Waals surface area (Å²) >= 11 is 0. The van der Waals surface area contributed by atoms with Crippen LogP contribution in [0.5, 0.6) is 5.75 Å². The van der Waals surface area contributed by atoms with Gasteiger partial charge in [0, 0.05) is 26.3 Å². The Hall–Kier alpha value is -3.87. The van der Waals surface area contributed by atoms with Gasteiger partial charge < -0.3 is 105 Å². The number of benzene rings is 1. The number of ether oxygens (including phenoxy) is 8. The van der Waals surface area contributed by atoms with E-state index in [1.807, 2.05) is 0 Å². The molecular formula is C48H78N4O25S. The van der Waals surface area contributed by atoms with Gasteiger partial charge in [0.25, 0.3) is 5.91 Å². The molecule has 78 heavy (non-hydrogen) atoms. The van der Waals surface area contributed by atoms with Gasteiger partial charge in [0.1, 0.15) is 103 Å². The first-order valence-corrected chi connectivity index (χ1v) is 27.3. The Morgan fingerprint density at radius 2 is 0.987 bits per heavy atom. The van der Waals surface area contributed by atoms with Crippen molar-refractivity contribution in [3.8, 4) is 5.75 Å². The van der Waals surface area contributed by atoms with Crippen molar-refractivity contribution >= 4 is 34.0 Å². The van der Waals surface area contributed by atoms with Crippen molar-refractivity contribution in [2.45, 2.75) is 208 Å². The van der Waals surface area contributed by atoms with Gasteiger partial charge in [-0.1, -0.05) is 64.4 Å². The van der Waals surface area contributed by atoms with Crippen molar-refractivity contribution in [1.29, 1.82) is 0 Å². The van der Waals surface area contributed by atoms with Gasteiger partial charge in [-0.05, 0) is 24.6 Å². The monoisotopic (exact) mass is 1140 g/mol. The molecule has 1 aromatic carbocycles. The zero-order chi connectivity index (χ0) is 57.4. The molecule has 0 saturated carbocycles. The van der Waals surface area contributed by atoms with Crippen LogP contribution in [0.1, 0.15) is 95.8 Å². The minimum atomic E-state index is -5.16. The molecule has 4 fully saturated rings. The molecule has 1 aromatic rings. The molecule has 30 heteroatoms. The summed E-state index contributed by atoms with van der Waals surface area (Å²) in [5.41, 5.74) is 0.0727. The summed E-state index contributed by atoms with van der Waals surface area (Å²) in [6.07, 6.45) is -19.4. The third-order valence-corrected chi connectivity index (χ3v) is 14.0. The maximum atomic E-state index is 13.8. The first kappa shape index (κ1) is 64.9. The van der Waals surface area contributed by atoms with Crippen LogP contribution < -0.4 is 26.0 Å². The first-order chi connectivity index (χ1) is 37.0. The normalized spacial score (nSPS) is 35.3. The lowest BCUT2D eigenvalue weighted by Crippen LogP contribution is -2.71. The standard InChI is InChI=1S/C48H78N4O25S/c1-5-6-7-8-9-10-11-12-13-17-69-27-16-14-15-26(18-27)44(64)52-33-37(60)36(59)28(19-53)72-46(33)75-41-29(20-54)73-47(34(39(41)62)50-24(3)57)76-42-30(21-55)74-48(35(40(42)63)51-25(4)58)77-43-31(22-70-78(66,67)68)71-45(65)32(38(43)61)49-23(2)56/h14-16,18,28-43,45-48,53-55,59-63,65H,5-13,17,19-22H2,1-4H3,(H,49,56)(H,50,57)(H,51,58)(H,52,64)(H,66,67,68)/t28?,29?,30?,31?,32?,33?,34?,35?,36-,37-,38?,39?,40-,41-,42-,43-,45?,46+,47+,48+/m1/s1. The Kier molecular flexibility index (Phi) is 25.7. The van der Waals surface area contributed by atoms with E-state index in [0.29, 0.717) is 12.4 Å². The molecule has 29 nitrogen and oxygen atoms in total. The van der Waals surface area contributed by atoms with Crippen molar-refractivity contribution in [3.05, 3.63) is 29.8 Å². The minimum Gasteiger partial charge on any atom is -0.494 e. The molecular weight excluding hydrogens is 1060 g/mol. The number of amides is 4. The summed E-state index contributed by atoms with van der Waals surface area (Å²) in [4.78, 5) is 51.1. The Morgan fingerprint density at radius 3 is 1.46 bits per heavy atom. The summed E-state index contributed by atoms with van der Waals surface area (Å²) in [7, 11) is -5.16. The molecule has 0 bridgehead atoms.